The van der Waals surface area contributed by atoms with E-state index in [1.54, 1.807) is 12.1 Å². The Balaban J connectivity index is 2.75. The fourth-order valence-electron chi connectivity index (χ4n) is 0.909. The monoisotopic (exact) mass is 202 g/mol. The van der Waals surface area contributed by atoms with Crippen LogP contribution in [0.2, 0.25) is 0 Å². The van der Waals surface area contributed by atoms with E-state index in [4.69, 9.17) is 5.73 Å². The van der Waals surface area contributed by atoms with Crippen molar-refractivity contribution >= 4 is 11.7 Å². The molecule has 4 heteroatoms. The predicted molar refractivity (Wildman–Crippen MR) is 54.9 cm³/mol. The van der Waals surface area contributed by atoms with E-state index in [2.05, 4.69) is 16.8 Å². The van der Waals surface area contributed by atoms with Gasteiger partial charge in [0, 0.05) is 18.7 Å². The van der Waals surface area contributed by atoms with Crippen LogP contribution in [0.1, 0.15) is 29.4 Å². The highest BCUT2D eigenvalue weighted by atomic mass is 16.1. The number of nitrogens with two attached hydrogens (primary N) is 1. The summed E-state index contributed by atoms with van der Waals surface area (Å²) in [6.45, 7) is 1.45. The highest BCUT2D eigenvalue weighted by Crippen LogP contribution is 1.99. The lowest BCUT2D eigenvalue weighted by Crippen LogP contribution is -2.08. The summed E-state index contributed by atoms with van der Waals surface area (Å²) in [5.41, 5.74) is 5.97. The third-order valence-corrected chi connectivity index (χ3v) is 1.62. The van der Waals surface area contributed by atoms with Gasteiger partial charge in [0.25, 0.3) is 0 Å². The van der Waals surface area contributed by atoms with Gasteiger partial charge in [-0.05, 0) is 12.1 Å². The molecule has 0 aromatic carbocycles. The Morgan fingerprint density at radius 2 is 2.20 bits per heavy atom. The zero-order chi connectivity index (χ0) is 11.3. The lowest BCUT2D eigenvalue weighted by Gasteiger charge is -1.93. The Morgan fingerprint density at radius 1 is 1.47 bits per heavy atom. The molecule has 0 aliphatic heterocycles. The molecule has 0 atom stereocenters. The van der Waals surface area contributed by atoms with Crippen LogP contribution in [0.15, 0.2) is 18.3 Å². The summed E-state index contributed by atoms with van der Waals surface area (Å²) in [4.78, 5) is 25.2. The van der Waals surface area contributed by atoms with E-state index < -0.39 is 5.91 Å². The largest absolute Gasteiger partial charge is 0.369 e. The van der Waals surface area contributed by atoms with Crippen LogP contribution in [0.5, 0.6) is 0 Å². The van der Waals surface area contributed by atoms with E-state index in [1.165, 1.54) is 13.1 Å². The predicted octanol–water partition coefficient (Wildman–Crippen LogP) is 0.511. The second kappa shape index (κ2) is 4.91. The van der Waals surface area contributed by atoms with Crippen LogP contribution in [0.4, 0.5) is 0 Å². The third kappa shape index (κ3) is 3.61. The molecule has 0 saturated heterocycles. The minimum Gasteiger partial charge on any atom is -0.369 e. The first kappa shape index (κ1) is 10.9. The second-order valence-corrected chi connectivity index (χ2v) is 2.93. The van der Waals surface area contributed by atoms with Crippen LogP contribution in [-0.4, -0.2) is 16.7 Å². The van der Waals surface area contributed by atoms with E-state index in [0.717, 1.165) is 0 Å². The zero-order valence-electron chi connectivity index (χ0n) is 8.28. The summed E-state index contributed by atoms with van der Waals surface area (Å²) in [7, 11) is 0. The number of hydrogen-bond donors (Lipinski definition) is 1. The molecule has 1 aromatic heterocycles. The number of ketones is 1. The van der Waals surface area contributed by atoms with Crippen molar-refractivity contribution in [3.05, 3.63) is 29.6 Å². The number of pyridine rings is 1. The molecule has 0 fully saturated rings. The van der Waals surface area contributed by atoms with Crippen LogP contribution in [0.3, 0.4) is 0 Å². The summed E-state index contributed by atoms with van der Waals surface area (Å²) < 4.78 is 0. The van der Waals surface area contributed by atoms with Crippen molar-refractivity contribution in [3.8, 4) is 11.8 Å². The van der Waals surface area contributed by atoms with Crippen LogP contribution in [0.25, 0.3) is 0 Å². The molecule has 0 bridgehead atoms. The van der Waals surface area contributed by atoms with Gasteiger partial charge in [-0.2, -0.15) is 0 Å². The molecule has 76 valence electrons. The first-order valence-electron chi connectivity index (χ1n) is 4.34. The van der Waals surface area contributed by atoms with Crippen LogP contribution < -0.4 is 5.73 Å². The number of carbonyl (C=O) groups is 2. The number of primary amides is 1. The van der Waals surface area contributed by atoms with Crippen molar-refractivity contribution in [2.45, 2.75) is 13.3 Å². The van der Waals surface area contributed by atoms with Crippen molar-refractivity contribution in [2.24, 2.45) is 5.73 Å². The van der Waals surface area contributed by atoms with Gasteiger partial charge in [0.1, 0.15) is 5.69 Å². The molecular weight excluding hydrogens is 192 g/mol. The van der Waals surface area contributed by atoms with Crippen molar-refractivity contribution in [1.82, 2.24) is 4.98 Å². The molecule has 1 amide bonds. The summed E-state index contributed by atoms with van der Waals surface area (Å²) >= 11 is 0. The highest BCUT2D eigenvalue weighted by Gasteiger charge is 1.98. The minimum absolute atomic E-state index is 0.0223. The van der Waals surface area contributed by atoms with E-state index in [0.29, 0.717) is 11.3 Å². The molecule has 0 saturated carbocycles. The Morgan fingerprint density at radius 3 is 2.67 bits per heavy atom. The molecule has 1 heterocycles. The molecule has 0 spiro atoms. The molecule has 0 unspecified atom stereocenters. The van der Waals surface area contributed by atoms with E-state index in [9.17, 15) is 9.59 Å². The van der Waals surface area contributed by atoms with Gasteiger partial charge in [0.05, 0.1) is 6.42 Å². The molecule has 1 rings (SSSR count). The Bertz CT molecular complexity index is 438. The molecule has 0 aliphatic rings. The van der Waals surface area contributed by atoms with Gasteiger partial charge in [-0.15, -0.1) is 0 Å². The van der Waals surface area contributed by atoms with Crippen LogP contribution in [-0.2, 0) is 4.79 Å². The number of Topliss-reactive ketones (excluding diaryl/α,β-unsaturated/α-hetero) is 1. The number of aromatic nitrogens is 1. The molecule has 4 nitrogen and oxygen atoms in total. The number of hydrogen-bond acceptors (Lipinski definition) is 3. The number of nitrogens with zero attached hydrogens (tertiary/aromatic N) is 1. The third-order valence-electron chi connectivity index (χ3n) is 1.62. The van der Waals surface area contributed by atoms with E-state index >= 15 is 0 Å². The van der Waals surface area contributed by atoms with Crippen LogP contribution >= 0.6 is 0 Å². The number of rotatable bonds is 2. The van der Waals surface area contributed by atoms with Gasteiger partial charge in [-0.25, -0.2) is 0 Å². The maximum Gasteiger partial charge on any atom is 0.229 e. The van der Waals surface area contributed by atoms with Gasteiger partial charge >= 0.3 is 0 Å². The smallest absolute Gasteiger partial charge is 0.229 e. The van der Waals surface area contributed by atoms with Crippen molar-refractivity contribution in [3.63, 3.8) is 0 Å². The Hall–Kier alpha value is -2.15. The average Bonchev–Trinajstić information content (AvgIpc) is 2.18. The first-order valence-corrected chi connectivity index (χ1v) is 4.34. The second-order valence-electron chi connectivity index (χ2n) is 2.93. The highest BCUT2D eigenvalue weighted by molar-refractivity contribution is 5.92. The van der Waals surface area contributed by atoms with Crippen LogP contribution in [0, 0.1) is 11.8 Å². The minimum atomic E-state index is -0.462. The lowest BCUT2D eigenvalue weighted by molar-refractivity contribution is -0.117. The SMILES string of the molecule is CC(=O)c1ccc(C#CCC(N)=O)cn1. The maximum absolute atomic E-state index is 10.9. The van der Waals surface area contributed by atoms with Gasteiger partial charge in [0.15, 0.2) is 5.78 Å². The van der Waals surface area contributed by atoms with Crippen molar-refractivity contribution in [2.75, 3.05) is 0 Å². The first-order chi connectivity index (χ1) is 7.09. The quantitative estimate of drug-likeness (QED) is 0.561. The maximum atomic E-state index is 10.9. The van der Waals surface area contributed by atoms with Crippen molar-refractivity contribution in [1.29, 1.82) is 0 Å². The molecule has 0 aliphatic carbocycles. The normalized spacial score (nSPS) is 8.87. The fraction of sp³-hybridized carbons (Fsp3) is 0.182. The summed E-state index contributed by atoms with van der Waals surface area (Å²) in [5, 5.41) is 0. The number of amides is 1. The molecule has 1 aromatic rings. The Kier molecular flexibility index (Phi) is 3.58. The molecule has 0 radical (unpaired) electrons. The average molecular weight is 202 g/mol. The topological polar surface area (TPSA) is 73.1 Å². The fourth-order valence-corrected chi connectivity index (χ4v) is 0.909. The van der Waals surface area contributed by atoms with E-state index in [-0.39, 0.29) is 12.2 Å². The van der Waals surface area contributed by atoms with Gasteiger partial charge in [0.2, 0.25) is 5.91 Å². The zero-order valence-corrected chi connectivity index (χ0v) is 8.28. The molecule has 2 N–H and O–H groups in total. The summed E-state index contributed by atoms with van der Waals surface area (Å²) in [6, 6.07) is 3.27. The Labute approximate surface area is 87.5 Å². The summed E-state index contributed by atoms with van der Waals surface area (Å²) in [6.07, 6.45) is 1.51. The van der Waals surface area contributed by atoms with Gasteiger partial charge in [-0.3, -0.25) is 14.6 Å². The lowest BCUT2D eigenvalue weighted by atomic mass is 10.2. The van der Waals surface area contributed by atoms with Gasteiger partial charge in [-0.1, -0.05) is 11.8 Å². The molecular formula is C11H10N2O2. The molecule has 15 heavy (non-hydrogen) atoms. The standard InChI is InChI=1S/C11H10N2O2/c1-8(14)10-6-5-9(7-13-10)3-2-4-11(12)15/h5-7H,4H2,1H3,(H2,12,15). The van der Waals surface area contributed by atoms with Gasteiger partial charge < -0.3 is 5.73 Å². The number of carbonyl (C=O) groups excluding carboxylic acids is 2. The summed E-state index contributed by atoms with van der Waals surface area (Å²) in [5.74, 6) is 4.76. The van der Waals surface area contributed by atoms with Crippen molar-refractivity contribution < 1.29 is 9.59 Å². The van der Waals surface area contributed by atoms with E-state index in [1.807, 2.05) is 0 Å².